The second kappa shape index (κ2) is 4.63. The molecule has 0 spiro atoms. The number of hydrogen-bond acceptors (Lipinski definition) is 2. The fourth-order valence-electron chi connectivity index (χ4n) is 2.59. The smallest absolute Gasteiger partial charge is 0.0646 e. The molecule has 0 aromatic heterocycles. The van der Waals surface area contributed by atoms with Gasteiger partial charge in [-0.1, -0.05) is 19.3 Å². The first-order valence-corrected chi connectivity index (χ1v) is 6.11. The molecule has 1 atom stereocenters. The fraction of sp³-hybridized carbons (Fsp3) is 1.00. The number of hydrogen-bond donors (Lipinski definition) is 1. The highest BCUT2D eigenvalue weighted by Gasteiger charge is 2.29. The molecular weight excluding hydrogens is 174 g/mol. The van der Waals surface area contributed by atoms with E-state index >= 15 is 0 Å². The van der Waals surface area contributed by atoms with Gasteiger partial charge in [0.25, 0.3) is 0 Å². The Bertz CT molecular complexity index is 169. The standard InChI is InChI=1S/C12H23NO/c1-12(7-8-14-10-12)13-9-11-5-3-2-4-6-11/h11,13H,2-10H2,1H3. The predicted octanol–water partition coefficient (Wildman–Crippen LogP) is 2.34. The maximum Gasteiger partial charge on any atom is 0.0646 e. The highest BCUT2D eigenvalue weighted by Crippen LogP contribution is 2.24. The molecule has 1 N–H and O–H groups in total. The molecule has 14 heavy (non-hydrogen) atoms. The molecule has 0 aromatic rings. The lowest BCUT2D eigenvalue weighted by Crippen LogP contribution is -2.45. The van der Waals surface area contributed by atoms with Gasteiger partial charge in [-0.3, -0.25) is 0 Å². The van der Waals surface area contributed by atoms with Crippen molar-refractivity contribution in [1.82, 2.24) is 5.32 Å². The van der Waals surface area contributed by atoms with Crippen LogP contribution in [0.5, 0.6) is 0 Å². The molecule has 2 aliphatic rings. The van der Waals surface area contributed by atoms with E-state index in [1.807, 2.05) is 0 Å². The van der Waals surface area contributed by atoms with Gasteiger partial charge in [0.15, 0.2) is 0 Å². The molecule has 0 aromatic carbocycles. The summed E-state index contributed by atoms with van der Waals surface area (Å²) in [5.41, 5.74) is 0.275. The summed E-state index contributed by atoms with van der Waals surface area (Å²) in [6, 6.07) is 0. The Balaban J connectivity index is 1.70. The molecule has 1 heterocycles. The van der Waals surface area contributed by atoms with Crippen LogP contribution in [0.15, 0.2) is 0 Å². The summed E-state index contributed by atoms with van der Waals surface area (Å²) < 4.78 is 5.44. The Morgan fingerprint density at radius 2 is 2.07 bits per heavy atom. The number of nitrogens with one attached hydrogen (secondary N) is 1. The molecule has 1 aliphatic carbocycles. The van der Waals surface area contributed by atoms with Gasteiger partial charge < -0.3 is 10.1 Å². The zero-order valence-corrected chi connectivity index (χ0v) is 9.35. The van der Waals surface area contributed by atoms with Gasteiger partial charge in [0.05, 0.1) is 6.61 Å². The first-order valence-electron chi connectivity index (χ1n) is 6.11. The van der Waals surface area contributed by atoms with Gasteiger partial charge in [-0.05, 0) is 38.6 Å². The highest BCUT2D eigenvalue weighted by molar-refractivity contribution is 4.87. The van der Waals surface area contributed by atoms with Crippen molar-refractivity contribution in [2.45, 2.75) is 51.0 Å². The Kier molecular flexibility index (Phi) is 3.45. The normalized spacial score (nSPS) is 34.9. The van der Waals surface area contributed by atoms with Gasteiger partial charge in [-0.25, -0.2) is 0 Å². The summed E-state index contributed by atoms with van der Waals surface area (Å²) in [5.74, 6) is 0.932. The minimum atomic E-state index is 0.275. The zero-order valence-electron chi connectivity index (χ0n) is 9.35. The largest absolute Gasteiger partial charge is 0.379 e. The van der Waals surface area contributed by atoms with Crippen LogP contribution in [0, 0.1) is 5.92 Å². The molecular formula is C12H23NO. The van der Waals surface area contributed by atoms with Gasteiger partial charge in [-0.2, -0.15) is 0 Å². The van der Waals surface area contributed by atoms with Crippen LogP contribution < -0.4 is 5.32 Å². The molecule has 1 unspecified atom stereocenters. The summed E-state index contributed by atoms with van der Waals surface area (Å²) in [4.78, 5) is 0. The first kappa shape index (κ1) is 10.4. The second-order valence-electron chi connectivity index (χ2n) is 5.25. The molecule has 1 saturated carbocycles. The highest BCUT2D eigenvalue weighted by atomic mass is 16.5. The fourth-order valence-corrected chi connectivity index (χ4v) is 2.59. The Morgan fingerprint density at radius 3 is 2.71 bits per heavy atom. The summed E-state index contributed by atoms with van der Waals surface area (Å²) in [6.07, 6.45) is 8.39. The van der Waals surface area contributed by atoms with E-state index in [2.05, 4.69) is 12.2 Å². The van der Waals surface area contributed by atoms with Crippen LogP contribution in [0.3, 0.4) is 0 Å². The Hall–Kier alpha value is -0.0800. The van der Waals surface area contributed by atoms with Crippen molar-refractivity contribution in [3.8, 4) is 0 Å². The van der Waals surface area contributed by atoms with Crippen molar-refractivity contribution in [3.63, 3.8) is 0 Å². The van der Waals surface area contributed by atoms with Gasteiger partial charge in [0, 0.05) is 12.1 Å². The molecule has 2 nitrogen and oxygen atoms in total. The van der Waals surface area contributed by atoms with Crippen molar-refractivity contribution < 1.29 is 4.74 Å². The van der Waals surface area contributed by atoms with E-state index in [9.17, 15) is 0 Å². The predicted molar refractivity (Wildman–Crippen MR) is 58.4 cm³/mol. The minimum Gasteiger partial charge on any atom is -0.379 e. The lowest BCUT2D eigenvalue weighted by atomic mass is 9.88. The summed E-state index contributed by atoms with van der Waals surface area (Å²) in [7, 11) is 0. The zero-order chi connectivity index (χ0) is 9.86. The quantitative estimate of drug-likeness (QED) is 0.750. The summed E-state index contributed by atoms with van der Waals surface area (Å²) >= 11 is 0. The Labute approximate surface area is 87.4 Å². The lowest BCUT2D eigenvalue weighted by Gasteiger charge is -2.29. The number of ether oxygens (including phenoxy) is 1. The van der Waals surface area contributed by atoms with E-state index in [-0.39, 0.29) is 5.54 Å². The monoisotopic (exact) mass is 197 g/mol. The van der Waals surface area contributed by atoms with Crippen LogP contribution in [0.4, 0.5) is 0 Å². The van der Waals surface area contributed by atoms with Crippen molar-refractivity contribution in [2.75, 3.05) is 19.8 Å². The van der Waals surface area contributed by atoms with Crippen LogP contribution in [0.2, 0.25) is 0 Å². The van der Waals surface area contributed by atoms with Crippen LogP contribution in [-0.4, -0.2) is 25.3 Å². The Morgan fingerprint density at radius 1 is 1.29 bits per heavy atom. The third-order valence-corrected chi connectivity index (χ3v) is 3.76. The van der Waals surface area contributed by atoms with E-state index in [0.717, 1.165) is 19.1 Å². The molecule has 82 valence electrons. The third kappa shape index (κ3) is 2.71. The molecule has 0 amide bonds. The maximum absolute atomic E-state index is 5.44. The summed E-state index contributed by atoms with van der Waals surface area (Å²) in [6.45, 7) is 5.34. The van der Waals surface area contributed by atoms with E-state index in [1.165, 1.54) is 45.1 Å². The molecule has 1 saturated heterocycles. The van der Waals surface area contributed by atoms with Crippen molar-refractivity contribution in [2.24, 2.45) is 5.92 Å². The summed E-state index contributed by atoms with van der Waals surface area (Å²) in [5, 5.41) is 3.70. The second-order valence-corrected chi connectivity index (χ2v) is 5.25. The van der Waals surface area contributed by atoms with Crippen LogP contribution in [-0.2, 0) is 4.74 Å². The minimum absolute atomic E-state index is 0.275. The van der Waals surface area contributed by atoms with Crippen molar-refractivity contribution in [1.29, 1.82) is 0 Å². The van der Waals surface area contributed by atoms with Gasteiger partial charge in [0.2, 0.25) is 0 Å². The van der Waals surface area contributed by atoms with E-state index < -0.39 is 0 Å². The topological polar surface area (TPSA) is 21.3 Å². The molecule has 2 fully saturated rings. The third-order valence-electron chi connectivity index (χ3n) is 3.76. The van der Waals surface area contributed by atoms with Gasteiger partial charge in [-0.15, -0.1) is 0 Å². The average molecular weight is 197 g/mol. The average Bonchev–Trinajstić information content (AvgIpc) is 2.65. The molecule has 0 bridgehead atoms. The lowest BCUT2D eigenvalue weighted by molar-refractivity contribution is 0.167. The maximum atomic E-state index is 5.44. The van der Waals surface area contributed by atoms with Crippen molar-refractivity contribution >= 4 is 0 Å². The van der Waals surface area contributed by atoms with Gasteiger partial charge in [0.1, 0.15) is 0 Å². The van der Waals surface area contributed by atoms with Crippen molar-refractivity contribution in [3.05, 3.63) is 0 Å². The van der Waals surface area contributed by atoms with Gasteiger partial charge >= 0.3 is 0 Å². The molecule has 1 aliphatic heterocycles. The van der Waals surface area contributed by atoms with Crippen LogP contribution >= 0.6 is 0 Å². The van der Waals surface area contributed by atoms with E-state index in [4.69, 9.17) is 4.74 Å². The van der Waals surface area contributed by atoms with E-state index in [1.54, 1.807) is 0 Å². The molecule has 2 rings (SSSR count). The number of rotatable bonds is 3. The van der Waals surface area contributed by atoms with Crippen LogP contribution in [0.25, 0.3) is 0 Å². The molecule has 0 radical (unpaired) electrons. The SMILES string of the molecule is CC1(NCC2CCCCC2)CCOC1. The molecule has 2 heteroatoms. The van der Waals surface area contributed by atoms with Crippen LogP contribution in [0.1, 0.15) is 45.4 Å². The first-order chi connectivity index (χ1) is 6.79. The van der Waals surface area contributed by atoms with E-state index in [0.29, 0.717) is 0 Å².